The van der Waals surface area contributed by atoms with E-state index >= 15 is 0 Å². The SMILES string of the molecule is CNc1ncnc2c1ncn2[C@H]1C[C@@H](O)[C@@H](COPPP)O1. The summed E-state index contributed by atoms with van der Waals surface area (Å²) in [6, 6.07) is 0. The molecule has 0 saturated carbocycles. The number of anilines is 1. The maximum atomic E-state index is 10.1. The van der Waals surface area contributed by atoms with E-state index in [0.29, 0.717) is 46.5 Å². The van der Waals surface area contributed by atoms with Crippen LogP contribution in [-0.2, 0) is 9.26 Å². The van der Waals surface area contributed by atoms with E-state index in [1.54, 1.807) is 13.4 Å². The van der Waals surface area contributed by atoms with Crippen molar-refractivity contribution in [3.8, 4) is 0 Å². The van der Waals surface area contributed by atoms with Gasteiger partial charge in [-0.15, -0.1) is 8.93 Å². The predicted octanol–water partition coefficient (Wildman–Crippen LogP) is 1.51. The van der Waals surface area contributed by atoms with E-state index in [-0.39, 0.29) is 12.3 Å². The van der Waals surface area contributed by atoms with Gasteiger partial charge >= 0.3 is 0 Å². The van der Waals surface area contributed by atoms with Gasteiger partial charge in [0.15, 0.2) is 11.5 Å². The van der Waals surface area contributed by atoms with Crippen LogP contribution >= 0.6 is 25.4 Å². The molecular formula is C11H18N5O3P3. The van der Waals surface area contributed by atoms with Gasteiger partial charge < -0.3 is 19.7 Å². The molecule has 0 amide bonds. The van der Waals surface area contributed by atoms with E-state index in [0.717, 1.165) is 0 Å². The highest BCUT2D eigenvalue weighted by Gasteiger charge is 2.36. The number of aliphatic hydroxyl groups is 1. The van der Waals surface area contributed by atoms with Crippen LogP contribution in [0.15, 0.2) is 12.7 Å². The van der Waals surface area contributed by atoms with Gasteiger partial charge in [-0.25, -0.2) is 15.0 Å². The molecule has 6 atom stereocenters. The molecule has 11 heteroatoms. The summed E-state index contributed by atoms with van der Waals surface area (Å²) >= 11 is 0. The lowest BCUT2D eigenvalue weighted by molar-refractivity contribution is -0.0355. The Labute approximate surface area is 133 Å². The van der Waals surface area contributed by atoms with Crippen LogP contribution in [0.2, 0.25) is 0 Å². The molecular weight excluding hydrogens is 343 g/mol. The molecule has 8 nitrogen and oxygen atoms in total. The van der Waals surface area contributed by atoms with E-state index in [9.17, 15) is 5.11 Å². The minimum absolute atomic E-state index is 0.296. The first-order chi connectivity index (χ1) is 10.7. The lowest BCUT2D eigenvalue weighted by Gasteiger charge is -2.15. The zero-order valence-corrected chi connectivity index (χ0v) is 15.1. The molecule has 3 heterocycles. The van der Waals surface area contributed by atoms with Gasteiger partial charge in [-0.05, 0) is 0 Å². The van der Waals surface area contributed by atoms with Gasteiger partial charge in [0.25, 0.3) is 0 Å². The Bertz CT molecular complexity index is 642. The van der Waals surface area contributed by atoms with Crippen molar-refractivity contribution in [2.75, 3.05) is 19.0 Å². The number of imidazole rings is 1. The lowest BCUT2D eigenvalue weighted by atomic mass is 10.2. The van der Waals surface area contributed by atoms with Crippen LogP contribution in [0.25, 0.3) is 11.2 Å². The highest BCUT2D eigenvalue weighted by molar-refractivity contribution is 8.37. The predicted molar refractivity (Wildman–Crippen MR) is 91.7 cm³/mol. The molecule has 2 aromatic rings. The maximum absolute atomic E-state index is 10.1. The van der Waals surface area contributed by atoms with E-state index in [2.05, 4.69) is 29.2 Å². The average molecular weight is 361 g/mol. The molecule has 120 valence electrons. The number of fused-ring (bicyclic) bond motifs is 1. The quantitative estimate of drug-likeness (QED) is 0.595. The third-order valence-corrected chi connectivity index (χ3v) is 5.76. The summed E-state index contributed by atoms with van der Waals surface area (Å²) in [7, 11) is 5.54. The minimum Gasteiger partial charge on any atom is -0.390 e. The molecule has 3 unspecified atom stereocenters. The van der Waals surface area contributed by atoms with Gasteiger partial charge in [0.05, 0.1) is 19.0 Å². The third kappa shape index (κ3) is 3.23. The summed E-state index contributed by atoms with van der Waals surface area (Å²) in [6.45, 7) is 0.404. The normalized spacial score (nSPS) is 26.0. The third-order valence-electron chi connectivity index (χ3n) is 3.49. The molecule has 0 aliphatic carbocycles. The van der Waals surface area contributed by atoms with Crippen molar-refractivity contribution in [3.63, 3.8) is 0 Å². The Kier molecular flexibility index (Phi) is 5.50. The average Bonchev–Trinajstić information content (AvgIpc) is 3.11. The van der Waals surface area contributed by atoms with E-state index in [1.807, 2.05) is 4.57 Å². The van der Waals surface area contributed by atoms with Gasteiger partial charge in [0, 0.05) is 22.0 Å². The van der Waals surface area contributed by atoms with Crippen molar-refractivity contribution in [1.82, 2.24) is 19.5 Å². The first kappa shape index (κ1) is 16.4. The fourth-order valence-corrected chi connectivity index (χ4v) is 4.03. The Morgan fingerprint density at radius 2 is 2.41 bits per heavy atom. The van der Waals surface area contributed by atoms with Gasteiger partial charge in [-0.3, -0.25) is 4.57 Å². The standard InChI is InChI=1S/C11H18N5O3P3/c1-12-10-9-11(14-4-13-10)16(5-15-9)8-2-6(17)7(19-8)3-18-21-22-20/h4-8,17,21-22H,2-3,20H2,1H3,(H,12,13,14)/t6-,7-,8-/m1/s1. The summed E-state index contributed by atoms with van der Waals surface area (Å²) in [5.74, 6) is 0.671. The number of aromatic nitrogens is 4. The van der Waals surface area contributed by atoms with Crippen LogP contribution in [0.5, 0.6) is 0 Å². The molecule has 1 aliphatic rings. The second-order valence-electron chi connectivity index (χ2n) is 4.79. The summed E-state index contributed by atoms with van der Waals surface area (Å²) in [4.78, 5) is 12.8. The number of nitrogens with one attached hydrogen (secondary N) is 1. The molecule has 22 heavy (non-hydrogen) atoms. The van der Waals surface area contributed by atoms with Crippen LogP contribution in [0.3, 0.4) is 0 Å². The van der Waals surface area contributed by atoms with Crippen LogP contribution in [0.4, 0.5) is 5.82 Å². The van der Waals surface area contributed by atoms with Gasteiger partial charge in [0.2, 0.25) is 0 Å². The van der Waals surface area contributed by atoms with E-state index < -0.39 is 6.10 Å². The number of rotatable bonds is 6. The van der Waals surface area contributed by atoms with Crippen molar-refractivity contribution in [1.29, 1.82) is 0 Å². The largest absolute Gasteiger partial charge is 0.390 e. The second-order valence-corrected chi connectivity index (χ2v) is 9.64. The summed E-state index contributed by atoms with van der Waals surface area (Å²) < 4.78 is 13.2. The second kappa shape index (κ2) is 7.39. The van der Waals surface area contributed by atoms with E-state index in [4.69, 9.17) is 9.26 Å². The first-order valence-corrected chi connectivity index (χ1v) is 11.5. The van der Waals surface area contributed by atoms with Gasteiger partial charge in [0.1, 0.15) is 24.2 Å². The van der Waals surface area contributed by atoms with Crippen molar-refractivity contribution in [2.45, 2.75) is 24.9 Å². The molecule has 0 radical (unpaired) electrons. The zero-order chi connectivity index (χ0) is 15.5. The van der Waals surface area contributed by atoms with Crippen LogP contribution in [0, 0.1) is 0 Å². The number of hydrogen-bond acceptors (Lipinski definition) is 7. The number of ether oxygens (including phenoxy) is 1. The smallest absolute Gasteiger partial charge is 0.167 e. The summed E-state index contributed by atoms with van der Waals surface area (Å²) in [6.07, 6.45) is 2.49. The molecule has 3 rings (SSSR count). The monoisotopic (exact) mass is 361 g/mol. The Balaban J connectivity index is 1.78. The van der Waals surface area contributed by atoms with Crippen LogP contribution in [-0.4, -0.2) is 50.5 Å². The highest BCUT2D eigenvalue weighted by Crippen LogP contribution is 2.44. The number of aliphatic hydroxyl groups excluding tert-OH is 1. The first-order valence-electron chi connectivity index (χ1n) is 6.75. The maximum Gasteiger partial charge on any atom is 0.167 e. The Morgan fingerprint density at radius 1 is 1.55 bits per heavy atom. The van der Waals surface area contributed by atoms with Crippen molar-refractivity contribution in [2.24, 2.45) is 0 Å². The minimum atomic E-state index is -0.550. The Morgan fingerprint density at radius 3 is 3.18 bits per heavy atom. The number of hydrogen-bond donors (Lipinski definition) is 2. The molecule has 2 aromatic heterocycles. The molecule has 0 aromatic carbocycles. The van der Waals surface area contributed by atoms with Crippen molar-refractivity contribution >= 4 is 42.4 Å². The molecule has 1 aliphatic heterocycles. The summed E-state index contributed by atoms with van der Waals surface area (Å²) in [5, 5.41) is 13.1. The molecule has 0 spiro atoms. The van der Waals surface area contributed by atoms with Crippen LogP contribution < -0.4 is 5.32 Å². The van der Waals surface area contributed by atoms with Gasteiger partial charge in [-0.1, -0.05) is 7.96 Å². The molecule has 1 fully saturated rings. The fourth-order valence-electron chi connectivity index (χ4n) is 2.45. The molecule has 1 saturated heterocycles. The fraction of sp³-hybridized carbons (Fsp3) is 0.545. The van der Waals surface area contributed by atoms with Crippen molar-refractivity contribution < 1.29 is 14.4 Å². The van der Waals surface area contributed by atoms with Crippen molar-refractivity contribution in [3.05, 3.63) is 12.7 Å². The van der Waals surface area contributed by atoms with E-state index in [1.165, 1.54) is 6.33 Å². The van der Waals surface area contributed by atoms with Gasteiger partial charge in [-0.2, -0.15) is 0 Å². The summed E-state index contributed by atoms with van der Waals surface area (Å²) in [5.41, 5.74) is 1.37. The van der Waals surface area contributed by atoms with Crippen LogP contribution in [0.1, 0.15) is 12.6 Å². The Hall–Kier alpha value is -0.480. The topological polar surface area (TPSA) is 94.3 Å². The zero-order valence-electron chi connectivity index (χ0n) is 11.9. The lowest BCUT2D eigenvalue weighted by Crippen LogP contribution is -2.25. The molecule has 0 bridgehead atoms. The highest BCUT2D eigenvalue weighted by atomic mass is 32.4. The molecule has 2 N–H and O–H groups in total. The number of nitrogens with zero attached hydrogens (tertiary/aromatic N) is 4.